The van der Waals surface area contributed by atoms with Gasteiger partial charge in [0.05, 0.1) is 0 Å². The van der Waals surface area contributed by atoms with Crippen LogP contribution in [0.5, 0.6) is 0 Å². The second kappa shape index (κ2) is 6.04. The Morgan fingerprint density at radius 3 is 2.39 bits per heavy atom. The number of halogens is 2. The molecule has 1 aromatic heterocycles. The van der Waals surface area contributed by atoms with E-state index in [0.29, 0.717) is 6.42 Å². The number of benzene rings is 1. The molecule has 0 amide bonds. The summed E-state index contributed by atoms with van der Waals surface area (Å²) >= 11 is 1.60. The molecule has 1 atom stereocenters. The molecule has 0 aliphatic rings. The molecule has 1 aromatic carbocycles. The minimum atomic E-state index is -0.526. The first-order valence-electron chi connectivity index (χ1n) is 5.62. The minimum absolute atomic E-state index is 0.0806. The molecule has 5 heteroatoms. The normalized spacial score (nSPS) is 12.6. The zero-order valence-electron chi connectivity index (χ0n) is 9.70. The van der Waals surface area contributed by atoms with Crippen LogP contribution in [0.15, 0.2) is 35.7 Å². The largest absolute Gasteiger partial charge is 0.271 e. The van der Waals surface area contributed by atoms with E-state index in [2.05, 4.69) is 5.43 Å². The molecule has 1 heterocycles. The summed E-state index contributed by atoms with van der Waals surface area (Å²) in [5, 5.41) is 1.96. The molecule has 0 fully saturated rings. The van der Waals surface area contributed by atoms with Crippen LogP contribution in [-0.2, 0) is 12.8 Å². The Kier molecular flexibility index (Phi) is 4.41. The van der Waals surface area contributed by atoms with Gasteiger partial charge in [0.25, 0.3) is 0 Å². The van der Waals surface area contributed by atoms with Gasteiger partial charge in [-0.15, -0.1) is 11.3 Å². The summed E-state index contributed by atoms with van der Waals surface area (Å²) in [5.41, 5.74) is 2.70. The molecule has 0 bridgehead atoms. The number of hydrazine groups is 1. The van der Waals surface area contributed by atoms with Crippen LogP contribution in [0.2, 0.25) is 0 Å². The molecule has 0 aliphatic carbocycles. The van der Waals surface area contributed by atoms with Gasteiger partial charge in [0.15, 0.2) is 0 Å². The minimum Gasteiger partial charge on any atom is -0.271 e. The summed E-state index contributed by atoms with van der Waals surface area (Å²) in [6, 6.07) is 7.62. The lowest BCUT2D eigenvalue weighted by molar-refractivity contribution is 0.486. The van der Waals surface area contributed by atoms with Crippen LogP contribution in [0.4, 0.5) is 8.78 Å². The van der Waals surface area contributed by atoms with E-state index in [-0.39, 0.29) is 18.0 Å². The van der Waals surface area contributed by atoms with Crippen molar-refractivity contribution in [2.75, 3.05) is 0 Å². The SMILES string of the molecule is NNC(Cc1cccs1)Cc1c(F)cccc1F. The summed E-state index contributed by atoms with van der Waals surface area (Å²) in [7, 11) is 0. The van der Waals surface area contributed by atoms with E-state index in [0.717, 1.165) is 4.88 Å². The van der Waals surface area contributed by atoms with E-state index >= 15 is 0 Å². The Balaban J connectivity index is 2.10. The second-order valence-electron chi connectivity index (χ2n) is 4.05. The Morgan fingerprint density at radius 2 is 1.83 bits per heavy atom. The highest BCUT2D eigenvalue weighted by Gasteiger charge is 2.15. The number of hydrogen-bond acceptors (Lipinski definition) is 3. The van der Waals surface area contributed by atoms with E-state index in [4.69, 9.17) is 5.84 Å². The Bertz CT molecular complexity index is 479. The van der Waals surface area contributed by atoms with Gasteiger partial charge >= 0.3 is 0 Å². The zero-order valence-corrected chi connectivity index (χ0v) is 10.5. The van der Waals surface area contributed by atoms with Crippen molar-refractivity contribution < 1.29 is 8.78 Å². The van der Waals surface area contributed by atoms with Crippen LogP contribution in [-0.4, -0.2) is 6.04 Å². The van der Waals surface area contributed by atoms with E-state index in [1.807, 2.05) is 17.5 Å². The molecule has 0 aliphatic heterocycles. The fourth-order valence-corrected chi connectivity index (χ4v) is 2.62. The highest BCUT2D eigenvalue weighted by molar-refractivity contribution is 7.09. The van der Waals surface area contributed by atoms with Crippen molar-refractivity contribution in [2.24, 2.45) is 5.84 Å². The van der Waals surface area contributed by atoms with Crippen LogP contribution in [0, 0.1) is 11.6 Å². The van der Waals surface area contributed by atoms with Gasteiger partial charge in [-0.05, 0) is 36.4 Å². The molecule has 1 unspecified atom stereocenters. The van der Waals surface area contributed by atoms with Crippen LogP contribution >= 0.6 is 11.3 Å². The molecule has 0 saturated heterocycles. The fourth-order valence-electron chi connectivity index (χ4n) is 1.84. The number of nitrogens with two attached hydrogens (primary N) is 1. The number of thiophene rings is 1. The smallest absolute Gasteiger partial charge is 0.129 e. The van der Waals surface area contributed by atoms with Crippen LogP contribution in [0.3, 0.4) is 0 Å². The molecule has 0 spiro atoms. The van der Waals surface area contributed by atoms with E-state index in [9.17, 15) is 8.78 Å². The quantitative estimate of drug-likeness (QED) is 0.646. The van der Waals surface area contributed by atoms with Crippen molar-refractivity contribution in [1.29, 1.82) is 0 Å². The van der Waals surface area contributed by atoms with Crippen LogP contribution < -0.4 is 11.3 Å². The van der Waals surface area contributed by atoms with Crippen molar-refractivity contribution in [3.05, 3.63) is 57.8 Å². The average Bonchev–Trinajstić information content (AvgIpc) is 2.85. The van der Waals surface area contributed by atoms with E-state index in [1.54, 1.807) is 11.3 Å². The lowest BCUT2D eigenvalue weighted by Gasteiger charge is -2.15. The van der Waals surface area contributed by atoms with E-state index < -0.39 is 11.6 Å². The topological polar surface area (TPSA) is 38.0 Å². The Labute approximate surface area is 108 Å². The van der Waals surface area contributed by atoms with Crippen LogP contribution in [0.25, 0.3) is 0 Å². The molecule has 3 N–H and O–H groups in total. The van der Waals surface area contributed by atoms with E-state index in [1.165, 1.54) is 18.2 Å². The summed E-state index contributed by atoms with van der Waals surface area (Å²) in [5.74, 6) is 4.39. The number of rotatable bonds is 5. The lowest BCUT2D eigenvalue weighted by atomic mass is 10.0. The van der Waals surface area contributed by atoms with Gasteiger partial charge in [-0.1, -0.05) is 12.1 Å². The second-order valence-corrected chi connectivity index (χ2v) is 5.08. The predicted molar refractivity (Wildman–Crippen MR) is 69.2 cm³/mol. The number of nitrogens with one attached hydrogen (secondary N) is 1. The first kappa shape index (κ1) is 13.1. The molecule has 0 radical (unpaired) electrons. The van der Waals surface area contributed by atoms with Crippen molar-refractivity contribution in [3.8, 4) is 0 Å². The lowest BCUT2D eigenvalue weighted by Crippen LogP contribution is -2.38. The van der Waals surface area contributed by atoms with Crippen molar-refractivity contribution in [2.45, 2.75) is 18.9 Å². The summed E-state index contributed by atoms with van der Waals surface area (Å²) in [6.07, 6.45) is 0.884. The van der Waals surface area contributed by atoms with Crippen molar-refractivity contribution >= 4 is 11.3 Å². The first-order valence-corrected chi connectivity index (χ1v) is 6.50. The monoisotopic (exact) mass is 268 g/mol. The maximum Gasteiger partial charge on any atom is 0.129 e. The van der Waals surface area contributed by atoms with Gasteiger partial charge < -0.3 is 0 Å². The maximum absolute atomic E-state index is 13.5. The molecule has 2 rings (SSSR count). The maximum atomic E-state index is 13.5. The molecular formula is C13H14F2N2S. The third kappa shape index (κ3) is 3.13. The fraction of sp³-hybridized carbons (Fsp3) is 0.231. The molecule has 18 heavy (non-hydrogen) atoms. The summed E-state index contributed by atoms with van der Waals surface area (Å²) in [4.78, 5) is 1.13. The number of hydrogen-bond donors (Lipinski definition) is 2. The van der Waals surface area contributed by atoms with Gasteiger partial charge in [-0.3, -0.25) is 11.3 Å². The van der Waals surface area contributed by atoms with Crippen molar-refractivity contribution in [1.82, 2.24) is 5.43 Å². The predicted octanol–water partition coefficient (Wildman–Crippen LogP) is 2.64. The molecule has 2 aromatic rings. The average molecular weight is 268 g/mol. The van der Waals surface area contributed by atoms with Gasteiger partial charge in [-0.25, -0.2) is 8.78 Å². The molecule has 96 valence electrons. The van der Waals surface area contributed by atoms with Gasteiger partial charge in [0.1, 0.15) is 11.6 Å². The third-order valence-electron chi connectivity index (χ3n) is 2.78. The summed E-state index contributed by atoms with van der Waals surface area (Å²) in [6.45, 7) is 0. The highest BCUT2D eigenvalue weighted by atomic mass is 32.1. The third-order valence-corrected chi connectivity index (χ3v) is 3.67. The van der Waals surface area contributed by atoms with Gasteiger partial charge in [0, 0.05) is 16.5 Å². The molecule has 2 nitrogen and oxygen atoms in total. The molecular weight excluding hydrogens is 254 g/mol. The van der Waals surface area contributed by atoms with Gasteiger partial charge in [-0.2, -0.15) is 0 Å². The standard InChI is InChI=1S/C13H14F2N2S/c14-12-4-1-5-13(15)11(12)8-9(17-16)7-10-3-2-6-18-10/h1-6,9,17H,7-8,16H2. The van der Waals surface area contributed by atoms with Crippen molar-refractivity contribution in [3.63, 3.8) is 0 Å². The summed E-state index contributed by atoms with van der Waals surface area (Å²) < 4.78 is 27.0. The van der Waals surface area contributed by atoms with Gasteiger partial charge in [0.2, 0.25) is 0 Å². The Morgan fingerprint density at radius 1 is 1.11 bits per heavy atom. The van der Waals surface area contributed by atoms with Crippen LogP contribution in [0.1, 0.15) is 10.4 Å². The molecule has 0 saturated carbocycles. The first-order chi connectivity index (χ1) is 8.70. The Hall–Kier alpha value is -1.30. The highest BCUT2D eigenvalue weighted by Crippen LogP contribution is 2.17. The zero-order chi connectivity index (χ0) is 13.0.